The van der Waals surface area contributed by atoms with Crippen LogP contribution in [0.2, 0.25) is 10.0 Å². The zero-order valence-corrected chi connectivity index (χ0v) is 15.1. The van der Waals surface area contributed by atoms with E-state index in [1.807, 2.05) is 0 Å². The van der Waals surface area contributed by atoms with Crippen LogP contribution in [-0.2, 0) is 14.3 Å². The van der Waals surface area contributed by atoms with Gasteiger partial charge in [-0.05, 0) is 31.0 Å². The van der Waals surface area contributed by atoms with Crippen molar-refractivity contribution in [3.05, 3.63) is 28.2 Å². The van der Waals surface area contributed by atoms with E-state index in [1.54, 1.807) is 0 Å². The van der Waals surface area contributed by atoms with Gasteiger partial charge in [0.1, 0.15) is 12.6 Å². The third-order valence-electron chi connectivity index (χ3n) is 3.73. The van der Waals surface area contributed by atoms with E-state index in [2.05, 4.69) is 10.1 Å². The van der Waals surface area contributed by atoms with Gasteiger partial charge in [0.05, 0.1) is 13.0 Å². The first kappa shape index (κ1) is 20.8. The van der Waals surface area contributed by atoms with Crippen molar-refractivity contribution in [2.75, 3.05) is 25.1 Å². The van der Waals surface area contributed by atoms with Crippen LogP contribution >= 0.6 is 23.2 Å². The Morgan fingerprint density at radius 1 is 1.23 bits per heavy atom. The number of alkyl halides is 3. The van der Waals surface area contributed by atoms with Crippen molar-refractivity contribution in [3.8, 4) is 0 Å². The van der Waals surface area contributed by atoms with Gasteiger partial charge in [-0.15, -0.1) is 0 Å². The molecule has 144 valence electrons. The van der Waals surface area contributed by atoms with Crippen molar-refractivity contribution < 1.29 is 27.5 Å². The van der Waals surface area contributed by atoms with Crippen LogP contribution < -0.4 is 5.32 Å². The van der Waals surface area contributed by atoms with E-state index in [9.17, 15) is 22.8 Å². The lowest BCUT2D eigenvalue weighted by Crippen LogP contribution is -2.43. The fourth-order valence-electron chi connectivity index (χ4n) is 2.68. The molecule has 1 fully saturated rings. The normalized spacial score (nSPS) is 17.4. The lowest BCUT2D eigenvalue weighted by atomic mass is 10.2. The van der Waals surface area contributed by atoms with Gasteiger partial charge in [0.15, 0.2) is 0 Å². The monoisotopic (exact) mass is 412 g/mol. The van der Waals surface area contributed by atoms with Gasteiger partial charge in [0.2, 0.25) is 11.8 Å². The van der Waals surface area contributed by atoms with Gasteiger partial charge in [0.25, 0.3) is 0 Å². The third kappa shape index (κ3) is 6.34. The van der Waals surface area contributed by atoms with Crippen LogP contribution in [0, 0.1) is 0 Å². The summed E-state index contributed by atoms with van der Waals surface area (Å²) in [7, 11) is 0. The topological polar surface area (TPSA) is 58.6 Å². The molecule has 2 rings (SSSR count). The lowest BCUT2D eigenvalue weighted by Gasteiger charge is -2.24. The number of hydrogen-bond acceptors (Lipinski definition) is 3. The minimum Gasteiger partial charge on any atom is -0.372 e. The maximum Gasteiger partial charge on any atom is 0.411 e. The zero-order chi connectivity index (χ0) is 19.3. The number of hydrogen-bond donors (Lipinski definition) is 1. The van der Waals surface area contributed by atoms with Crippen molar-refractivity contribution in [1.29, 1.82) is 0 Å². The van der Waals surface area contributed by atoms with Crippen molar-refractivity contribution in [2.24, 2.45) is 0 Å². The van der Waals surface area contributed by atoms with Crippen molar-refractivity contribution in [3.63, 3.8) is 0 Å². The lowest BCUT2D eigenvalue weighted by molar-refractivity contribution is -0.175. The number of carbonyl (C=O) groups excluding carboxylic acids is 2. The summed E-state index contributed by atoms with van der Waals surface area (Å²) in [4.78, 5) is 26.0. The minimum absolute atomic E-state index is 0.219. The molecule has 5 nitrogen and oxygen atoms in total. The molecule has 10 heteroatoms. The Bertz CT molecular complexity index is 650. The molecule has 0 saturated carbocycles. The number of likely N-dealkylation sites (tertiary alicyclic amines) is 1. The van der Waals surface area contributed by atoms with Crippen molar-refractivity contribution >= 4 is 40.7 Å². The van der Waals surface area contributed by atoms with Crippen LogP contribution in [0.4, 0.5) is 18.9 Å². The summed E-state index contributed by atoms with van der Waals surface area (Å²) in [5, 5.41) is 3.37. The molecule has 0 aromatic heterocycles. The first-order valence-electron chi connectivity index (χ1n) is 7.86. The second kappa shape index (κ2) is 8.92. The molecule has 0 radical (unpaired) electrons. The molecule has 0 spiro atoms. The number of benzene rings is 1. The Kier molecular flexibility index (Phi) is 7.14. The van der Waals surface area contributed by atoms with Crippen LogP contribution in [0.15, 0.2) is 18.2 Å². The summed E-state index contributed by atoms with van der Waals surface area (Å²) in [5.41, 5.74) is 0.403. The number of amides is 2. The van der Waals surface area contributed by atoms with E-state index in [-0.39, 0.29) is 13.0 Å². The average Bonchev–Trinajstić information content (AvgIpc) is 2.99. The van der Waals surface area contributed by atoms with E-state index >= 15 is 0 Å². The van der Waals surface area contributed by atoms with Crippen LogP contribution in [-0.4, -0.2) is 48.7 Å². The average molecular weight is 413 g/mol. The van der Waals surface area contributed by atoms with Crippen LogP contribution in [0.3, 0.4) is 0 Å². The second-order valence-corrected chi connectivity index (χ2v) is 6.68. The summed E-state index contributed by atoms with van der Waals surface area (Å²) >= 11 is 11.8. The predicted octanol–water partition coefficient (Wildman–Crippen LogP) is 3.89. The number of rotatable bonds is 6. The highest BCUT2D eigenvalue weighted by atomic mass is 35.5. The molecular weight excluding hydrogens is 396 g/mol. The van der Waals surface area contributed by atoms with Gasteiger partial charge in [0, 0.05) is 22.3 Å². The second-order valence-electron chi connectivity index (χ2n) is 5.81. The highest BCUT2D eigenvalue weighted by Gasteiger charge is 2.34. The van der Waals surface area contributed by atoms with Gasteiger partial charge in [-0.1, -0.05) is 23.2 Å². The van der Waals surface area contributed by atoms with Crippen LogP contribution in [0.25, 0.3) is 0 Å². The summed E-state index contributed by atoms with van der Waals surface area (Å²) in [6.07, 6.45) is -3.56. The molecule has 26 heavy (non-hydrogen) atoms. The Labute approximate surface area is 158 Å². The Morgan fingerprint density at radius 2 is 1.88 bits per heavy atom. The van der Waals surface area contributed by atoms with Gasteiger partial charge >= 0.3 is 6.18 Å². The minimum atomic E-state index is -4.43. The maximum absolute atomic E-state index is 12.4. The fourth-order valence-corrected chi connectivity index (χ4v) is 3.21. The Hall–Kier alpha value is -1.51. The highest BCUT2D eigenvalue weighted by Crippen LogP contribution is 2.25. The molecule has 0 aliphatic carbocycles. The summed E-state index contributed by atoms with van der Waals surface area (Å²) < 4.78 is 40.5. The highest BCUT2D eigenvalue weighted by molar-refractivity contribution is 6.35. The number of anilines is 1. The predicted molar refractivity (Wildman–Crippen MR) is 91.3 cm³/mol. The smallest absolute Gasteiger partial charge is 0.372 e. The van der Waals surface area contributed by atoms with E-state index in [1.165, 1.54) is 23.1 Å². The van der Waals surface area contributed by atoms with Crippen molar-refractivity contribution in [1.82, 2.24) is 4.90 Å². The third-order valence-corrected chi connectivity index (χ3v) is 4.17. The SMILES string of the molecule is O=C(Nc1cc(Cl)cc(Cl)c1)C1CCCN1C(=O)CCOCC(F)(F)F. The van der Waals surface area contributed by atoms with Gasteiger partial charge < -0.3 is 15.0 Å². The first-order chi connectivity index (χ1) is 12.2. The van der Waals surface area contributed by atoms with Gasteiger partial charge in [-0.25, -0.2) is 0 Å². The number of ether oxygens (including phenoxy) is 1. The quantitative estimate of drug-likeness (QED) is 0.720. The van der Waals surface area contributed by atoms with E-state index in [0.29, 0.717) is 35.1 Å². The fraction of sp³-hybridized carbons (Fsp3) is 0.500. The Balaban J connectivity index is 1.89. The summed E-state index contributed by atoms with van der Waals surface area (Å²) in [6, 6.07) is 3.88. The maximum atomic E-state index is 12.4. The number of nitrogens with one attached hydrogen (secondary N) is 1. The van der Waals surface area contributed by atoms with Crippen LogP contribution in [0.1, 0.15) is 19.3 Å². The largest absolute Gasteiger partial charge is 0.411 e. The standard InChI is InChI=1S/C16H17Cl2F3N2O3/c17-10-6-11(18)8-12(7-10)22-15(25)13-2-1-4-23(13)14(24)3-5-26-9-16(19,20)21/h6-8,13H,1-5,9H2,(H,22,25). The first-order valence-corrected chi connectivity index (χ1v) is 8.62. The molecule has 1 aliphatic heterocycles. The van der Waals surface area contributed by atoms with Gasteiger partial charge in [-0.2, -0.15) is 13.2 Å². The number of halogens is 5. The molecule has 1 aliphatic rings. The molecular formula is C16H17Cl2F3N2O3. The molecule has 1 N–H and O–H groups in total. The molecule has 0 bridgehead atoms. The van der Waals surface area contributed by atoms with E-state index in [0.717, 1.165) is 0 Å². The summed E-state index contributed by atoms with van der Waals surface area (Å²) in [5.74, 6) is -0.820. The molecule has 1 aromatic rings. The van der Waals surface area contributed by atoms with Gasteiger partial charge in [-0.3, -0.25) is 9.59 Å². The molecule has 2 amide bonds. The zero-order valence-electron chi connectivity index (χ0n) is 13.6. The molecule has 1 atom stereocenters. The molecule has 1 heterocycles. The van der Waals surface area contributed by atoms with Crippen molar-refractivity contribution in [2.45, 2.75) is 31.5 Å². The number of nitrogens with zero attached hydrogens (tertiary/aromatic N) is 1. The van der Waals surface area contributed by atoms with E-state index < -0.39 is 30.6 Å². The molecule has 1 unspecified atom stereocenters. The molecule has 1 aromatic carbocycles. The summed E-state index contributed by atoms with van der Waals surface area (Å²) in [6.45, 7) is -1.39. The molecule has 1 saturated heterocycles. The van der Waals surface area contributed by atoms with Crippen LogP contribution in [0.5, 0.6) is 0 Å². The Morgan fingerprint density at radius 3 is 2.50 bits per heavy atom. The van der Waals surface area contributed by atoms with E-state index in [4.69, 9.17) is 23.2 Å². The number of carbonyl (C=O) groups is 2.